The number of amides is 2. The minimum absolute atomic E-state index is 0.0399. The van der Waals surface area contributed by atoms with Crippen LogP contribution in [-0.4, -0.2) is 65.3 Å². The van der Waals surface area contributed by atoms with Crippen molar-refractivity contribution in [3.05, 3.63) is 0 Å². The molecule has 2 atom stereocenters. The van der Waals surface area contributed by atoms with Crippen molar-refractivity contribution < 1.29 is 19.4 Å². The Morgan fingerprint density at radius 3 is 2.80 bits per heavy atom. The second-order valence-electron chi connectivity index (χ2n) is 5.71. The van der Waals surface area contributed by atoms with Crippen LogP contribution >= 0.6 is 0 Å². The lowest BCUT2D eigenvalue weighted by molar-refractivity contribution is -0.141. The number of hydrogen-bond acceptors (Lipinski definition) is 3. The molecular formula is C14H24N2O4. The topological polar surface area (TPSA) is 70.1 Å². The Balaban J connectivity index is 1.94. The molecule has 2 unspecified atom stereocenters. The number of carbonyl (C=O) groups is 2. The third-order valence-electron chi connectivity index (χ3n) is 4.11. The second-order valence-corrected chi connectivity index (χ2v) is 5.71. The molecule has 0 spiro atoms. The lowest BCUT2D eigenvalue weighted by atomic mass is 10.1. The van der Waals surface area contributed by atoms with Gasteiger partial charge in [-0.2, -0.15) is 0 Å². The number of likely N-dealkylation sites (tertiary alicyclic amines) is 1. The van der Waals surface area contributed by atoms with Crippen molar-refractivity contribution in [2.75, 3.05) is 26.2 Å². The number of aliphatic carboxylic acids is 1. The Bertz CT molecular complexity index is 361. The van der Waals surface area contributed by atoms with Gasteiger partial charge in [0.1, 0.15) is 0 Å². The van der Waals surface area contributed by atoms with Crippen LogP contribution in [0.4, 0.5) is 4.79 Å². The Labute approximate surface area is 119 Å². The largest absolute Gasteiger partial charge is 0.481 e. The summed E-state index contributed by atoms with van der Waals surface area (Å²) in [6, 6.07) is 0.309. The summed E-state index contributed by atoms with van der Waals surface area (Å²) in [4.78, 5) is 27.0. The average Bonchev–Trinajstić information content (AvgIpc) is 2.62. The van der Waals surface area contributed by atoms with Gasteiger partial charge in [0, 0.05) is 25.7 Å². The van der Waals surface area contributed by atoms with Crippen molar-refractivity contribution in [1.29, 1.82) is 0 Å². The van der Waals surface area contributed by atoms with E-state index in [4.69, 9.17) is 9.84 Å². The maximum absolute atomic E-state index is 12.6. The fourth-order valence-electron chi connectivity index (χ4n) is 2.95. The number of ether oxygens (including phenoxy) is 1. The highest BCUT2D eigenvalue weighted by Crippen LogP contribution is 2.19. The van der Waals surface area contributed by atoms with Crippen molar-refractivity contribution in [3.63, 3.8) is 0 Å². The van der Waals surface area contributed by atoms with Gasteiger partial charge in [0.05, 0.1) is 19.1 Å². The van der Waals surface area contributed by atoms with Gasteiger partial charge in [0.15, 0.2) is 0 Å². The molecule has 0 aromatic rings. The highest BCUT2D eigenvalue weighted by molar-refractivity contribution is 5.75. The molecule has 2 rings (SSSR count). The van der Waals surface area contributed by atoms with Crippen LogP contribution in [0, 0.1) is 0 Å². The highest BCUT2D eigenvalue weighted by Gasteiger charge is 2.31. The number of carboxylic acid groups (broad SMARTS) is 1. The molecular weight excluding hydrogens is 260 g/mol. The molecule has 1 N–H and O–H groups in total. The summed E-state index contributed by atoms with van der Waals surface area (Å²) < 4.78 is 5.41. The highest BCUT2D eigenvalue weighted by atomic mass is 16.5. The summed E-state index contributed by atoms with van der Waals surface area (Å²) in [5, 5.41) is 8.82. The number of rotatable bonds is 2. The molecule has 2 aliphatic rings. The number of morpholine rings is 1. The standard InChI is InChI=1S/C14H24N2O4/c1-11-5-3-2-4-6-16(11)14(19)15-7-8-20-12(10-15)9-13(17)18/h11-12H,2-10H2,1H3,(H,17,18). The molecule has 6 nitrogen and oxygen atoms in total. The molecule has 0 aromatic heterocycles. The smallest absolute Gasteiger partial charge is 0.320 e. The van der Waals surface area contributed by atoms with Crippen LogP contribution < -0.4 is 0 Å². The fraction of sp³-hybridized carbons (Fsp3) is 0.857. The zero-order valence-electron chi connectivity index (χ0n) is 12.1. The van der Waals surface area contributed by atoms with Crippen LogP contribution in [0.25, 0.3) is 0 Å². The summed E-state index contributed by atoms with van der Waals surface area (Å²) in [6.45, 7) is 4.26. The van der Waals surface area contributed by atoms with Gasteiger partial charge in [-0.3, -0.25) is 4.79 Å². The molecule has 0 saturated carbocycles. The molecule has 0 aromatic carbocycles. The van der Waals surface area contributed by atoms with Crippen molar-refractivity contribution in [2.24, 2.45) is 0 Å². The average molecular weight is 284 g/mol. The molecule has 6 heteroatoms. The maximum atomic E-state index is 12.6. The minimum atomic E-state index is -0.882. The Morgan fingerprint density at radius 1 is 1.25 bits per heavy atom. The fourth-order valence-corrected chi connectivity index (χ4v) is 2.95. The lowest BCUT2D eigenvalue weighted by Gasteiger charge is -2.37. The van der Waals surface area contributed by atoms with Crippen LogP contribution in [0.15, 0.2) is 0 Å². The first-order valence-electron chi connectivity index (χ1n) is 7.47. The van der Waals surface area contributed by atoms with E-state index in [2.05, 4.69) is 6.92 Å². The Hall–Kier alpha value is -1.30. The van der Waals surface area contributed by atoms with Crippen LogP contribution in [0.3, 0.4) is 0 Å². The van der Waals surface area contributed by atoms with E-state index in [-0.39, 0.29) is 24.6 Å². The van der Waals surface area contributed by atoms with E-state index in [1.165, 1.54) is 12.8 Å². The SMILES string of the molecule is CC1CCCCCN1C(=O)N1CCOC(CC(=O)O)C1. The molecule has 0 aliphatic carbocycles. The predicted molar refractivity (Wildman–Crippen MR) is 73.6 cm³/mol. The Kier molecular flexibility index (Phi) is 5.23. The second kappa shape index (κ2) is 6.92. The van der Waals surface area contributed by atoms with Crippen LogP contribution in [0.1, 0.15) is 39.0 Å². The van der Waals surface area contributed by atoms with Crippen LogP contribution in [0.5, 0.6) is 0 Å². The number of nitrogens with zero attached hydrogens (tertiary/aromatic N) is 2. The van der Waals surface area contributed by atoms with Gasteiger partial charge < -0.3 is 19.6 Å². The number of hydrogen-bond donors (Lipinski definition) is 1. The minimum Gasteiger partial charge on any atom is -0.481 e. The van der Waals surface area contributed by atoms with E-state index in [0.29, 0.717) is 19.7 Å². The van der Waals surface area contributed by atoms with Crippen molar-refractivity contribution in [1.82, 2.24) is 9.80 Å². The summed E-state index contributed by atoms with van der Waals surface area (Å²) in [5.41, 5.74) is 0. The normalized spacial score (nSPS) is 28.1. The van der Waals surface area contributed by atoms with Gasteiger partial charge in [0.2, 0.25) is 0 Å². The lowest BCUT2D eigenvalue weighted by Crippen LogP contribution is -2.53. The summed E-state index contributed by atoms with van der Waals surface area (Å²) in [6.07, 6.45) is 4.04. The predicted octanol–water partition coefficient (Wildman–Crippen LogP) is 1.55. The van der Waals surface area contributed by atoms with Gasteiger partial charge >= 0.3 is 12.0 Å². The first-order valence-corrected chi connectivity index (χ1v) is 7.47. The first kappa shape index (κ1) is 15.1. The zero-order chi connectivity index (χ0) is 14.5. The third kappa shape index (κ3) is 3.85. The van der Waals surface area contributed by atoms with Crippen molar-refractivity contribution >= 4 is 12.0 Å². The molecule has 114 valence electrons. The Morgan fingerprint density at radius 2 is 2.05 bits per heavy atom. The number of carbonyl (C=O) groups excluding carboxylic acids is 1. The van der Waals surface area contributed by atoms with E-state index < -0.39 is 5.97 Å². The number of urea groups is 1. The quantitative estimate of drug-likeness (QED) is 0.835. The zero-order valence-corrected chi connectivity index (χ0v) is 12.1. The van der Waals surface area contributed by atoms with Crippen molar-refractivity contribution in [2.45, 2.75) is 51.2 Å². The summed E-state index contributed by atoms with van der Waals surface area (Å²) >= 11 is 0. The maximum Gasteiger partial charge on any atom is 0.320 e. The molecule has 20 heavy (non-hydrogen) atoms. The van der Waals surface area contributed by atoms with Crippen molar-refractivity contribution in [3.8, 4) is 0 Å². The van der Waals surface area contributed by atoms with E-state index in [0.717, 1.165) is 19.4 Å². The molecule has 0 radical (unpaired) electrons. The van der Waals surface area contributed by atoms with Gasteiger partial charge in [-0.1, -0.05) is 12.8 Å². The van der Waals surface area contributed by atoms with E-state index >= 15 is 0 Å². The van der Waals surface area contributed by atoms with E-state index in [1.807, 2.05) is 4.90 Å². The molecule has 2 fully saturated rings. The van der Waals surface area contributed by atoms with E-state index in [1.54, 1.807) is 4.90 Å². The van der Waals surface area contributed by atoms with Gasteiger partial charge in [-0.05, 0) is 19.8 Å². The monoisotopic (exact) mass is 284 g/mol. The molecule has 2 aliphatic heterocycles. The van der Waals surface area contributed by atoms with Gasteiger partial charge in [0.25, 0.3) is 0 Å². The molecule has 2 saturated heterocycles. The molecule has 2 amide bonds. The van der Waals surface area contributed by atoms with Crippen LogP contribution in [-0.2, 0) is 9.53 Å². The van der Waals surface area contributed by atoms with E-state index in [9.17, 15) is 9.59 Å². The summed E-state index contributed by atoms with van der Waals surface area (Å²) in [5.74, 6) is -0.882. The first-order chi connectivity index (χ1) is 9.58. The van der Waals surface area contributed by atoms with Crippen LogP contribution in [0.2, 0.25) is 0 Å². The van der Waals surface area contributed by atoms with Gasteiger partial charge in [-0.15, -0.1) is 0 Å². The number of carboxylic acids is 1. The third-order valence-corrected chi connectivity index (χ3v) is 4.11. The molecule has 2 heterocycles. The summed E-state index contributed by atoms with van der Waals surface area (Å²) in [7, 11) is 0. The molecule has 0 bridgehead atoms. The van der Waals surface area contributed by atoms with Gasteiger partial charge in [-0.25, -0.2) is 4.79 Å².